The smallest absolute Gasteiger partial charge is 0.161 e. The zero-order valence-corrected chi connectivity index (χ0v) is 11.6. The highest BCUT2D eigenvalue weighted by Gasteiger charge is 2.21. The van der Waals surface area contributed by atoms with Gasteiger partial charge in [0, 0.05) is 6.04 Å². The third-order valence-electron chi connectivity index (χ3n) is 4.04. The summed E-state index contributed by atoms with van der Waals surface area (Å²) >= 11 is 0. The van der Waals surface area contributed by atoms with E-state index < -0.39 is 0 Å². The van der Waals surface area contributed by atoms with Crippen LogP contribution in [-0.4, -0.2) is 19.3 Å². The molecule has 20 heavy (non-hydrogen) atoms. The van der Waals surface area contributed by atoms with E-state index in [1.807, 2.05) is 18.2 Å². The number of hydrogen-bond acceptors (Lipinski definition) is 4. The summed E-state index contributed by atoms with van der Waals surface area (Å²) < 4.78 is 11.1. The highest BCUT2D eigenvalue weighted by atomic mass is 16.6. The van der Waals surface area contributed by atoms with Gasteiger partial charge in [0.2, 0.25) is 0 Å². The maximum Gasteiger partial charge on any atom is 0.161 e. The second kappa shape index (κ2) is 6.15. The lowest BCUT2D eigenvalue weighted by Gasteiger charge is -2.26. The molecule has 1 aliphatic carbocycles. The average molecular weight is 272 g/mol. The fourth-order valence-electron chi connectivity index (χ4n) is 2.95. The minimum atomic E-state index is -0.270. The number of nitriles is 1. The van der Waals surface area contributed by atoms with Gasteiger partial charge in [0.15, 0.2) is 11.5 Å². The fourth-order valence-corrected chi connectivity index (χ4v) is 2.95. The Bertz CT molecular complexity index is 504. The molecule has 1 heterocycles. The van der Waals surface area contributed by atoms with Crippen molar-refractivity contribution >= 4 is 0 Å². The summed E-state index contributed by atoms with van der Waals surface area (Å²) in [6.45, 7) is 1.16. The summed E-state index contributed by atoms with van der Waals surface area (Å²) in [5, 5.41) is 12.9. The maximum atomic E-state index is 9.43. The molecule has 0 saturated heterocycles. The van der Waals surface area contributed by atoms with E-state index in [2.05, 4.69) is 11.4 Å². The standard InChI is InChI=1S/C16H20N2O2/c17-11-14(18-13-4-2-1-3-5-13)12-6-7-15-16(10-12)20-9-8-19-15/h6-7,10,13-14,18H,1-5,8-9H2. The van der Waals surface area contributed by atoms with Gasteiger partial charge in [-0.1, -0.05) is 25.3 Å². The van der Waals surface area contributed by atoms with Gasteiger partial charge >= 0.3 is 0 Å². The zero-order valence-electron chi connectivity index (χ0n) is 11.6. The van der Waals surface area contributed by atoms with Gasteiger partial charge < -0.3 is 9.47 Å². The first-order chi connectivity index (χ1) is 9.86. The zero-order chi connectivity index (χ0) is 13.8. The Morgan fingerprint density at radius 3 is 2.60 bits per heavy atom. The number of rotatable bonds is 3. The van der Waals surface area contributed by atoms with Crippen LogP contribution in [0, 0.1) is 11.3 Å². The maximum absolute atomic E-state index is 9.43. The lowest BCUT2D eigenvalue weighted by molar-refractivity contribution is 0.171. The van der Waals surface area contributed by atoms with Crippen LogP contribution in [0.4, 0.5) is 0 Å². The third-order valence-corrected chi connectivity index (χ3v) is 4.04. The van der Waals surface area contributed by atoms with Gasteiger partial charge in [-0.05, 0) is 30.5 Å². The van der Waals surface area contributed by atoms with E-state index in [0.717, 1.165) is 17.1 Å². The van der Waals surface area contributed by atoms with Gasteiger partial charge in [-0.3, -0.25) is 5.32 Å². The molecule has 1 N–H and O–H groups in total. The lowest BCUT2D eigenvalue weighted by Crippen LogP contribution is -2.33. The van der Waals surface area contributed by atoms with E-state index in [-0.39, 0.29) is 6.04 Å². The van der Waals surface area contributed by atoms with Crippen molar-refractivity contribution in [3.8, 4) is 17.6 Å². The first-order valence-corrected chi connectivity index (χ1v) is 7.42. The molecule has 1 unspecified atom stereocenters. The van der Waals surface area contributed by atoms with Crippen molar-refractivity contribution in [3.05, 3.63) is 23.8 Å². The van der Waals surface area contributed by atoms with Crippen molar-refractivity contribution in [3.63, 3.8) is 0 Å². The van der Waals surface area contributed by atoms with Gasteiger partial charge in [0.05, 0.1) is 6.07 Å². The molecular formula is C16H20N2O2. The summed E-state index contributed by atoms with van der Waals surface area (Å²) in [6, 6.07) is 8.34. The van der Waals surface area contributed by atoms with Crippen LogP contribution in [-0.2, 0) is 0 Å². The van der Waals surface area contributed by atoms with Crippen LogP contribution in [0.1, 0.15) is 43.7 Å². The number of ether oxygens (including phenoxy) is 2. The summed E-state index contributed by atoms with van der Waals surface area (Å²) in [4.78, 5) is 0. The number of nitrogens with one attached hydrogen (secondary N) is 1. The fraction of sp³-hybridized carbons (Fsp3) is 0.562. The second-order valence-corrected chi connectivity index (χ2v) is 5.47. The molecule has 0 spiro atoms. The molecule has 0 amide bonds. The van der Waals surface area contributed by atoms with Gasteiger partial charge in [0.25, 0.3) is 0 Å². The molecule has 4 nitrogen and oxygen atoms in total. The van der Waals surface area contributed by atoms with Crippen LogP contribution in [0.5, 0.6) is 11.5 Å². The first kappa shape index (κ1) is 13.3. The first-order valence-electron chi connectivity index (χ1n) is 7.42. The van der Waals surface area contributed by atoms with Crippen molar-refractivity contribution < 1.29 is 9.47 Å². The summed E-state index contributed by atoms with van der Waals surface area (Å²) in [5.41, 5.74) is 0.960. The van der Waals surface area contributed by atoms with E-state index in [4.69, 9.17) is 9.47 Å². The molecule has 1 aromatic rings. The SMILES string of the molecule is N#CC(NC1CCCCC1)c1ccc2c(c1)OCCO2. The van der Waals surface area contributed by atoms with Crippen LogP contribution in [0.25, 0.3) is 0 Å². The van der Waals surface area contributed by atoms with E-state index in [1.165, 1.54) is 32.1 Å². The molecule has 1 atom stereocenters. The molecule has 1 aliphatic heterocycles. The minimum absolute atomic E-state index is 0.270. The van der Waals surface area contributed by atoms with Crippen molar-refractivity contribution in [1.82, 2.24) is 5.32 Å². The average Bonchev–Trinajstić information content (AvgIpc) is 2.53. The number of nitrogens with zero attached hydrogens (tertiary/aromatic N) is 1. The molecule has 0 radical (unpaired) electrons. The van der Waals surface area contributed by atoms with E-state index in [0.29, 0.717) is 19.3 Å². The molecule has 4 heteroatoms. The Morgan fingerprint density at radius 2 is 1.85 bits per heavy atom. The minimum Gasteiger partial charge on any atom is -0.486 e. The Hall–Kier alpha value is -1.73. The van der Waals surface area contributed by atoms with Crippen LogP contribution in [0.2, 0.25) is 0 Å². The molecule has 1 aromatic carbocycles. The van der Waals surface area contributed by atoms with Crippen molar-refractivity contribution in [2.45, 2.75) is 44.2 Å². The van der Waals surface area contributed by atoms with E-state index >= 15 is 0 Å². The molecule has 0 bridgehead atoms. The summed E-state index contributed by atoms with van der Waals surface area (Å²) in [5.74, 6) is 1.52. The van der Waals surface area contributed by atoms with Crippen molar-refractivity contribution in [2.75, 3.05) is 13.2 Å². The molecule has 2 aliphatic rings. The predicted molar refractivity (Wildman–Crippen MR) is 75.8 cm³/mol. The van der Waals surface area contributed by atoms with Gasteiger partial charge in [-0.2, -0.15) is 5.26 Å². The van der Waals surface area contributed by atoms with Crippen molar-refractivity contribution in [2.24, 2.45) is 0 Å². The summed E-state index contributed by atoms with van der Waals surface area (Å²) in [7, 11) is 0. The lowest BCUT2D eigenvalue weighted by atomic mass is 9.94. The van der Waals surface area contributed by atoms with Crippen LogP contribution >= 0.6 is 0 Å². The molecule has 1 saturated carbocycles. The molecule has 0 aromatic heterocycles. The summed E-state index contributed by atoms with van der Waals surface area (Å²) in [6.07, 6.45) is 6.18. The molecule has 3 rings (SSSR count). The molecule has 106 valence electrons. The van der Waals surface area contributed by atoms with E-state index in [9.17, 15) is 5.26 Å². The largest absolute Gasteiger partial charge is 0.486 e. The second-order valence-electron chi connectivity index (χ2n) is 5.47. The predicted octanol–water partition coefficient (Wildman–Crippen LogP) is 2.94. The van der Waals surface area contributed by atoms with Gasteiger partial charge in [-0.25, -0.2) is 0 Å². The Morgan fingerprint density at radius 1 is 1.10 bits per heavy atom. The molecule has 1 fully saturated rings. The highest BCUT2D eigenvalue weighted by molar-refractivity contribution is 5.45. The number of benzene rings is 1. The Balaban J connectivity index is 1.73. The van der Waals surface area contributed by atoms with Crippen LogP contribution in [0.15, 0.2) is 18.2 Å². The quantitative estimate of drug-likeness (QED) is 0.919. The Kier molecular flexibility index (Phi) is 4.08. The van der Waals surface area contributed by atoms with Crippen molar-refractivity contribution in [1.29, 1.82) is 5.26 Å². The molecular weight excluding hydrogens is 252 g/mol. The van der Waals surface area contributed by atoms with Crippen LogP contribution in [0.3, 0.4) is 0 Å². The normalized spacial score (nSPS) is 20.1. The topological polar surface area (TPSA) is 54.3 Å². The monoisotopic (exact) mass is 272 g/mol. The third kappa shape index (κ3) is 2.88. The van der Waals surface area contributed by atoms with Crippen LogP contribution < -0.4 is 14.8 Å². The van der Waals surface area contributed by atoms with E-state index in [1.54, 1.807) is 0 Å². The Labute approximate surface area is 119 Å². The van der Waals surface area contributed by atoms with Gasteiger partial charge in [0.1, 0.15) is 19.3 Å². The number of hydrogen-bond donors (Lipinski definition) is 1. The van der Waals surface area contributed by atoms with Gasteiger partial charge in [-0.15, -0.1) is 0 Å². The number of fused-ring (bicyclic) bond motifs is 1. The highest BCUT2D eigenvalue weighted by Crippen LogP contribution is 2.33.